The summed E-state index contributed by atoms with van der Waals surface area (Å²) in [7, 11) is 1.60. The van der Waals surface area contributed by atoms with Crippen molar-refractivity contribution in [3.8, 4) is 0 Å². The normalized spacial score (nSPS) is 18.2. The molecule has 1 N–H and O–H groups in total. The molecule has 5 nitrogen and oxygen atoms in total. The number of ether oxygens (including phenoxy) is 1. The summed E-state index contributed by atoms with van der Waals surface area (Å²) in [6.45, 7) is 2.28. The predicted molar refractivity (Wildman–Crippen MR) is 85.9 cm³/mol. The molecule has 1 aliphatic heterocycles. The van der Waals surface area contributed by atoms with Gasteiger partial charge in [-0.3, -0.25) is 4.79 Å². The number of methoxy groups -OCH3 is 1. The molecule has 1 amide bonds. The second-order valence-corrected chi connectivity index (χ2v) is 6.28. The third-order valence-electron chi connectivity index (χ3n) is 3.78. The average Bonchev–Trinajstić information content (AvgIpc) is 3.03. The molecular weight excluding hydrogens is 317 g/mol. The molecule has 0 radical (unpaired) electrons. The van der Waals surface area contributed by atoms with E-state index in [-0.39, 0.29) is 17.8 Å². The highest BCUT2D eigenvalue weighted by atomic mass is 32.1. The Hall–Kier alpha value is -1.83. The van der Waals surface area contributed by atoms with E-state index in [9.17, 15) is 9.18 Å². The number of carbonyl (C=O) groups excluding carboxylic acids is 1. The summed E-state index contributed by atoms with van der Waals surface area (Å²) in [6.07, 6.45) is 0. The summed E-state index contributed by atoms with van der Waals surface area (Å²) in [5.41, 5.74) is 1.21. The summed E-state index contributed by atoms with van der Waals surface area (Å²) < 4.78 is 18.6. The van der Waals surface area contributed by atoms with Crippen molar-refractivity contribution in [3.63, 3.8) is 0 Å². The van der Waals surface area contributed by atoms with Gasteiger partial charge in [0.15, 0.2) is 0 Å². The molecule has 2 heterocycles. The molecule has 1 aliphatic rings. The first-order chi connectivity index (χ1) is 11.2. The fourth-order valence-electron chi connectivity index (χ4n) is 2.71. The quantitative estimate of drug-likeness (QED) is 0.931. The monoisotopic (exact) mass is 335 g/mol. The SMILES string of the molecule is COCc1nc(C(=O)N2CCNCC2c2cccc(F)c2)cs1. The molecule has 3 rings (SSSR count). The lowest BCUT2D eigenvalue weighted by Crippen LogP contribution is -2.48. The van der Waals surface area contributed by atoms with Crippen molar-refractivity contribution in [2.24, 2.45) is 0 Å². The van der Waals surface area contributed by atoms with Crippen molar-refractivity contribution < 1.29 is 13.9 Å². The predicted octanol–water partition coefficient (Wildman–Crippen LogP) is 2.22. The van der Waals surface area contributed by atoms with Gasteiger partial charge < -0.3 is 15.0 Å². The second kappa shape index (κ2) is 7.16. The van der Waals surface area contributed by atoms with Gasteiger partial charge >= 0.3 is 0 Å². The molecule has 1 unspecified atom stereocenters. The Morgan fingerprint density at radius 3 is 3.22 bits per heavy atom. The molecule has 1 fully saturated rings. The van der Waals surface area contributed by atoms with Gasteiger partial charge in [0.2, 0.25) is 0 Å². The molecule has 0 bridgehead atoms. The number of amides is 1. The molecular formula is C16H18FN3O2S. The Bertz CT molecular complexity index is 691. The van der Waals surface area contributed by atoms with E-state index in [0.717, 1.165) is 10.6 Å². The Morgan fingerprint density at radius 1 is 1.57 bits per heavy atom. The van der Waals surface area contributed by atoms with Crippen LogP contribution in [0.5, 0.6) is 0 Å². The molecule has 1 aromatic carbocycles. The van der Waals surface area contributed by atoms with Crippen molar-refractivity contribution in [1.82, 2.24) is 15.2 Å². The zero-order chi connectivity index (χ0) is 16.2. The van der Waals surface area contributed by atoms with E-state index < -0.39 is 0 Å². The van der Waals surface area contributed by atoms with Crippen LogP contribution in [0.25, 0.3) is 0 Å². The summed E-state index contributed by atoms with van der Waals surface area (Å²) in [4.78, 5) is 18.9. The number of thiazole rings is 1. The maximum Gasteiger partial charge on any atom is 0.273 e. The highest BCUT2D eigenvalue weighted by Crippen LogP contribution is 2.25. The van der Waals surface area contributed by atoms with Gasteiger partial charge in [0.25, 0.3) is 5.91 Å². The van der Waals surface area contributed by atoms with Crippen LogP contribution >= 0.6 is 11.3 Å². The van der Waals surface area contributed by atoms with Crippen molar-refractivity contribution in [2.75, 3.05) is 26.7 Å². The van der Waals surface area contributed by atoms with E-state index in [0.29, 0.717) is 31.9 Å². The fourth-order valence-corrected chi connectivity index (χ4v) is 3.44. The highest BCUT2D eigenvalue weighted by Gasteiger charge is 2.30. The van der Waals surface area contributed by atoms with Crippen LogP contribution in [0.4, 0.5) is 4.39 Å². The number of piperazine rings is 1. The number of nitrogens with zero attached hydrogens (tertiary/aromatic N) is 2. The standard InChI is InChI=1S/C16H18FN3O2S/c1-22-9-15-19-13(10-23-15)16(21)20-6-5-18-8-14(20)11-3-2-4-12(17)7-11/h2-4,7,10,14,18H,5-6,8-9H2,1H3. The van der Waals surface area contributed by atoms with Gasteiger partial charge in [-0.15, -0.1) is 11.3 Å². The van der Waals surface area contributed by atoms with Crippen LogP contribution in [0.1, 0.15) is 27.1 Å². The Balaban J connectivity index is 1.84. The zero-order valence-corrected chi connectivity index (χ0v) is 13.6. The van der Waals surface area contributed by atoms with Gasteiger partial charge in [0, 0.05) is 32.1 Å². The zero-order valence-electron chi connectivity index (χ0n) is 12.8. The van der Waals surface area contributed by atoms with E-state index in [1.54, 1.807) is 23.5 Å². The summed E-state index contributed by atoms with van der Waals surface area (Å²) in [6, 6.07) is 6.21. The first-order valence-corrected chi connectivity index (χ1v) is 8.27. The molecule has 122 valence electrons. The first-order valence-electron chi connectivity index (χ1n) is 7.39. The van der Waals surface area contributed by atoms with Crippen molar-refractivity contribution in [2.45, 2.75) is 12.6 Å². The number of halogens is 1. The fraction of sp³-hybridized carbons (Fsp3) is 0.375. The average molecular weight is 335 g/mol. The maximum absolute atomic E-state index is 13.5. The largest absolute Gasteiger partial charge is 0.378 e. The lowest BCUT2D eigenvalue weighted by molar-refractivity contribution is 0.0628. The minimum atomic E-state index is -0.295. The number of aromatic nitrogens is 1. The molecule has 23 heavy (non-hydrogen) atoms. The third-order valence-corrected chi connectivity index (χ3v) is 4.60. The number of benzene rings is 1. The first kappa shape index (κ1) is 16.0. The lowest BCUT2D eigenvalue weighted by Gasteiger charge is -2.36. The number of rotatable bonds is 4. The van der Waals surface area contributed by atoms with Crippen molar-refractivity contribution in [3.05, 3.63) is 51.7 Å². The van der Waals surface area contributed by atoms with Gasteiger partial charge in [0.1, 0.15) is 16.5 Å². The molecule has 0 saturated carbocycles. The number of hydrogen-bond donors (Lipinski definition) is 1. The molecule has 1 saturated heterocycles. The summed E-state index contributed by atoms with van der Waals surface area (Å²) >= 11 is 1.41. The van der Waals surface area contributed by atoms with Crippen LogP contribution in [0.15, 0.2) is 29.6 Å². The minimum absolute atomic E-state index is 0.126. The van der Waals surface area contributed by atoms with Crippen LogP contribution in [0.3, 0.4) is 0 Å². The molecule has 7 heteroatoms. The maximum atomic E-state index is 13.5. The van der Waals surface area contributed by atoms with Crippen LogP contribution in [-0.4, -0.2) is 42.5 Å². The number of carbonyl (C=O) groups is 1. The molecule has 0 aliphatic carbocycles. The Morgan fingerprint density at radius 2 is 2.43 bits per heavy atom. The van der Waals surface area contributed by atoms with Gasteiger partial charge in [0.05, 0.1) is 12.6 Å². The highest BCUT2D eigenvalue weighted by molar-refractivity contribution is 7.09. The second-order valence-electron chi connectivity index (χ2n) is 5.33. The Labute approximate surface area is 138 Å². The minimum Gasteiger partial charge on any atom is -0.378 e. The van der Waals surface area contributed by atoms with Crippen molar-refractivity contribution in [1.29, 1.82) is 0 Å². The van der Waals surface area contributed by atoms with Crippen LogP contribution in [0.2, 0.25) is 0 Å². The van der Waals surface area contributed by atoms with Gasteiger partial charge in [-0.05, 0) is 17.7 Å². The molecule has 0 spiro atoms. The van der Waals surface area contributed by atoms with E-state index in [1.165, 1.54) is 23.5 Å². The lowest BCUT2D eigenvalue weighted by atomic mass is 10.0. The number of nitrogens with one attached hydrogen (secondary N) is 1. The van der Waals surface area contributed by atoms with Crippen LogP contribution in [0, 0.1) is 5.82 Å². The van der Waals surface area contributed by atoms with E-state index in [1.807, 2.05) is 6.07 Å². The third kappa shape index (κ3) is 3.57. The molecule has 1 atom stereocenters. The van der Waals surface area contributed by atoms with Gasteiger partial charge in [-0.1, -0.05) is 12.1 Å². The molecule has 2 aromatic rings. The summed E-state index contributed by atoms with van der Waals surface area (Å²) in [5.74, 6) is -0.420. The smallest absolute Gasteiger partial charge is 0.273 e. The Kier molecular flexibility index (Phi) is 5.00. The summed E-state index contributed by atoms with van der Waals surface area (Å²) in [5, 5.41) is 5.78. The van der Waals surface area contributed by atoms with Gasteiger partial charge in [-0.25, -0.2) is 9.37 Å². The van der Waals surface area contributed by atoms with E-state index in [4.69, 9.17) is 4.74 Å². The van der Waals surface area contributed by atoms with E-state index >= 15 is 0 Å². The van der Waals surface area contributed by atoms with Crippen molar-refractivity contribution >= 4 is 17.2 Å². The van der Waals surface area contributed by atoms with Crippen LogP contribution in [-0.2, 0) is 11.3 Å². The van der Waals surface area contributed by atoms with Crippen LogP contribution < -0.4 is 5.32 Å². The topological polar surface area (TPSA) is 54.5 Å². The van der Waals surface area contributed by atoms with Gasteiger partial charge in [-0.2, -0.15) is 0 Å². The number of hydrogen-bond acceptors (Lipinski definition) is 5. The van der Waals surface area contributed by atoms with E-state index in [2.05, 4.69) is 10.3 Å². The molecule has 1 aromatic heterocycles.